The van der Waals surface area contributed by atoms with Crippen molar-refractivity contribution in [2.24, 2.45) is 0 Å². The van der Waals surface area contributed by atoms with Crippen LogP contribution < -0.4 is 0 Å². The van der Waals surface area contributed by atoms with Crippen LogP contribution in [0.25, 0.3) is 0 Å². The molecule has 5 heteroatoms. The SMILES string of the molecule is Cc1cc(C(=O)F)cc(C(F)(F)F)c1. The van der Waals surface area contributed by atoms with E-state index in [1.807, 2.05) is 0 Å². The van der Waals surface area contributed by atoms with Crippen molar-refractivity contribution in [3.63, 3.8) is 0 Å². The number of carbonyl (C=O) groups is 1. The lowest BCUT2D eigenvalue weighted by Crippen LogP contribution is -2.07. The number of rotatable bonds is 1. The van der Waals surface area contributed by atoms with Gasteiger partial charge in [-0.1, -0.05) is 0 Å². The lowest BCUT2D eigenvalue weighted by atomic mass is 10.1. The number of benzene rings is 1. The smallest absolute Gasteiger partial charge is 0.255 e. The highest BCUT2D eigenvalue weighted by Gasteiger charge is 2.31. The molecule has 76 valence electrons. The Bertz CT molecular complexity index is 368. The largest absolute Gasteiger partial charge is 0.416 e. The van der Waals surface area contributed by atoms with Crippen molar-refractivity contribution in [2.45, 2.75) is 13.1 Å². The first kappa shape index (κ1) is 10.7. The molecule has 0 heterocycles. The monoisotopic (exact) mass is 206 g/mol. The zero-order valence-corrected chi connectivity index (χ0v) is 7.15. The first-order valence-corrected chi connectivity index (χ1v) is 3.69. The predicted octanol–water partition coefficient (Wildman–Crippen LogP) is 3.12. The Morgan fingerprint density at radius 2 is 1.79 bits per heavy atom. The van der Waals surface area contributed by atoms with Gasteiger partial charge in [0.2, 0.25) is 0 Å². The number of hydrogen-bond donors (Lipinski definition) is 0. The number of alkyl halides is 3. The highest BCUT2D eigenvalue weighted by Crippen LogP contribution is 2.30. The van der Waals surface area contributed by atoms with Gasteiger partial charge >= 0.3 is 12.2 Å². The van der Waals surface area contributed by atoms with E-state index in [2.05, 4.69) is 0 Å². The Balaban J connectivity index is 3.28. The fourth-order valence-corrected chi connectivity index (χ4v) is 1.06. The summed E-state index contributed by atoms with van der Waals surface area (Å²) in [6.45, 7) is 1.36. The molecule has 0 atom stereocenters. The Morgan fingerprint density at radius 3 is 2.21 bits per heavy atom. The van der Waals surface area contributed by atoms with Crippen LogP contribution >= 0.6 is 0 Å². The van der Waals surface area contributed by atoms with Crippen LogP contribution in [0.2, 0.25) is 0 Å². The number of aryl methyl sites for hydroxylation is 1. The molecule has 1 rings (SSSR count). The summed E-state index contributed by atoms with van der Waals surface area (Å²) in [5, 5.41) is 0. The summed E-state index contributed by atoms with van der Waals surface area (Å²) >= 11 is 0. The van der Waals surface area contributed by atoms with Crippen LogP contribution in [0.4, 0.5) is 17.6 Å². The molecule has 14 heavy (non-hydrogen) atoms. The molecule has 0 aromatic heterocycles. The van der Waals surface area contributed by atoms with Crippen molar-refractivity contribution in [3.05, 3.63) is 34.9 Å². The van der Waals surface area contributed by atoms with Gasteiger partial charge in [0.05, 0.1) is 11.1 Å². The summed E-state index contributed by atoms with van der Waals surface area (Å²) in [6.07, 6.45) is -4.56. The zero-order chi connectivity index (χ0) is 10.9. The van der Waals surface area contributed by atoms with E-state index in [9.17, 15) is 22.4 Å². The second kappa shape index (κ2) is 3.40. The normalized spacial score (nSPS) is 11.5. The molecule has 1 aromatic rings. The van der Waals surface area contributed by atoms with Crippen LogP contribution in [-0.4, -0.2) is 6.04 Å². The molecule has 0 aliphatic heterocycles. The van der Waals surface area contributed by atoms with Gasteiger partial charge in [0.1, 0.15) is 0 Å². The van der Waals surface area contributed by atoms with Gasteiger partial charge in [-0.05, 0) is 30.7 Å². The zero-order valence-electron chi connectivity index (χ0n) is 7.15. The first-order valence-electron chi connectivity index (χ1n) is 3.69. The maximum absolute atomic E-state index is 12.2. The van der Waals surface area contributed by atoms with Crippen molar-refractivity contribution in [1.29, 1.82) is 0 Å². The van der Waals surface area contributed by atoms with Crippen molar-refractivity contribution < 1.29 is 22.4 Å². The highest BCUT2D eigenvalue weighted by atomic mass is 19.4. The fourth-order valence-electron chi connectivity index (χ4n) is 1.06. The van der Waals surface area contributed by atoms with Gasteiger partial charge in [0.15, 0.2) is 0 Å². The van der Waals surface area contributed by atoms with Crippen molar-refractivity contribution in [2.75, 3.05) is 0 Å². The number of hydrogen-bond acceptors (Lipinski definition) is 1. The molecule has 0 aliphatic carbocycles. The van der Waals surface area contributed by atoms with Crippen LogP contribution in [0, 0.1) is 6.92 Å². The van der Waals surface area contributed by atoms with Gasteiger partial charge in [-0.3, -0.25) is 4.79 Å². The second-order valence-corrected chi connectivity index (χ2v) is 2.86. The van der Waals surface area contributed by atoms with Crippen molar-refractivity contribution in [1.82, 2.24) is 0 Å². The average molecular weight is 206 g/mol. The van der Waals surface area contributed by atoms with E-state index in [1.165, 1.54) is 6.92 Å². The molecule has 0 amide bonds. The standard InChI is InChI=1S/C9H6F4O/c1-5-2-6(8(10)14)4-7(3-5)9(11,12)13/h2-4H,1H3. The molecule has 0 radical (unpaired) electrons. The molecule has 1 nitrogen and oxygen atoms in total. The average Bonchev–Trinajstić information content (AvgIpc) is 2.01. The lowest BCUT2D eigenvalue weighted by molar-refractivity contribution is -0.137. The Kier molecular flexibility index (Phi) is 2.59. The third kappa shape index (κ3) is 2.31. The number of carbonyl (C=O) groups excluding carboxylic acids is 1. The molecule has 1 aromatic carbocycles. The minimum absolute atomic E-state index is 0.195. The molecule has 0 aliphatic rings. The molecule has 0 saturated carbocycles. The van der Waals surface area contributed by atoms with Crippen molar-refractivity contribution in [3.8, 4) is 0 Å². The Labute approximate surface area is 77.3 Å². The molecule has 0 fully saturated rings. The van der Waals surface area contributed by atoms with Crippen LogP contribution in [0.3, 0.4) is 0 Å². The van der Waals surface area contributed by atoms with Crippen LogP contribution in [0.5, 0.6) is 0 Å². The summed E-state index contributed by atoms with van der Waals surface area (Å²) in [6, 6.07) is 0.554. The maximum Gasteiger partial charge on any atom is 0.416 e. The summed E-state index contributed by atoms with van der Waals surface area (Å²) in [7, 11) is 0. The molecular weight excluding hydrogens is 200 g/mol. The van der Waals surface area contributed by atoms with E-state index in [4.69, 9.17) is 0 Å². The summed E-state index contributed by atoms with van der Waals surface area (Å²) in [5.41, 5.74) is -1.39. The fraction of sp³-hybridized carbons (Fsp3) is 0.222. The Morgan fingerprint density at radius 1 is 1.21 bits per heavy atom. The molecule has 0 saturated heterocycles. The van der Waals surface area contributed by atoms with E-state index >= 15 is 0 Å². The van der Waals surface area contributed by atoms with Gasteiger partial charge in [-0.25, -0.2) is 0 Å². The van der Waals surface area contributed by atoms with Crippen LogP contribution in [0.1, 0.15) is 21.5 Å². The van der Waals surface area contributed by atoms with E-state index in [0.717, 1.165) is 12.1 Å². The number of halogens is 4. The minimum atomic E-state index is -4.56. The van der Waals surface area contributed by atoms with Crippen LogP contribution in [0.15, 0.2) is 18.2 Å². The topological polar surface area (TPSA) is 17.1 Å². The molecule has 0 bridgehead atoms. The minimum Gasteiger partial charge on any atom is -0.255 e. The maximum atomic E-state index is 12.2. The lowest BCUT2D eigenvalue weighted by Gasteiger charge is -2.08. The molecular formula is C9H6F4O. The summed E-state index contributed by atoms with van der Waals surface area (Å²) in [4.78, 5) is 10.2. The summed E-state index contributed by atoms with van der Waals surface area (Å²) < 4.78 is 48.7. The van der Waals surface area contributed by atoms with E-state index < -0.39 is 23.3 Å². The second-order valence-electron chi connectivity index (χ2n) is 2.86. The van der Waals surface area contributed by atoms with E-state index in [1.54, 1.807) is 0 Å². The summed E-state index contributed by atoms with van der Waals surface area (Å²) in [5.74, 6) is 0. The predicted molar refractivity (Wildman–Crippen MR) is 41.6 cm³/mol. The third-order valence-electron chi connectivity index (χ3n) is 1.63. The van der Waals surface area contributed by atoms with Gasteiger partial charge in [-0.15, -0.1) is 0 Å². The first-order chi connectivity index (χ1) is 6.30. The van der Waals surface area contributed by atoms with Gasteiger partial charge < -0.3 is 0 Å². The van der Waals surface area contributed by atoms with Gasteiger partial charge in [-0.2, -0.15) is 17.6 Å². The molecule has 0 N–H and O–H groups in total. The Hall–Kier alpha value is -1.39. The molecule has 0 spiro atoms. The quantitative estimate of drug-likeness (QED) is 0.509. The van der Waals surface area contributed by atoms with Gasteiger partial charge in [0.25, 0.3) is 0 Å². The van der Waals surface area contributed by atoms with E-state index in [0.29, 0.717) is 6.07 Å². The van der Waals surface area contributed by atoms with Crippen LogP contribution in [-0.2, 0) is 6.18 Å². The van der Waals surface area contributed by atoms with E-state index in [-0.39, 0.29) is 5.56 Å². The highest BCUT2D eigenvalue weighted by molar-refractivity contribution is 5.88. The third-order valence-corrected chi connectivity index (χ3v) is 1.63. The van der Waals surface area contributed by atoms with Gasteiger partial charge in [0, 0.05) is 0 Å². The molecule has 0 unspecified atom stereocenters. The van der Waals surface area contributed by atoms with Crippen molar-refractivity contribution >= 4 is 6.04 Å².